The Bertz CT molecular complexity index is 512. The fourth-order valence-corrected chi connectivity index (χ4v) is 2.28. The molecule has 25 heavy (non-hydrogen) atoms. The van der Waals surface area contributed by atoms with Gasteiger partial charge in [-0.1, -0.05) is 13.3 Å². The molecule has 0 aliphatic carbocycles. The summed E-state index contributed by atoms with van der Waals surface area (Å²) in [5.41, 5.74) is 1.07. The van der Waals surface area contributed by atoms with E-state index < -0.39 is 0 Å². The molecule has 0 unspecified atom stereocenters. The summed E-state index contributed by atoms with van der Waals surface area (Å²) in [4.78, 5) is 6.37. The Morgan fingerprint density at radius 3 is 2.56 bits per heavy atom. The number of guanidine groups is 1. The molecule has 1 aromatic rings. The van der Waals surface area contributed by atoms with Crippen LogP contribution in [0.5, 0.6) is 11.5 Å². The lowest BCUT2D eigenvalue weighted by molar-refractivity contribution is 0.135. The molecule has 1 N–H and O–H groups in total. The standard InChI is InChI=1S/C18H31N3O3.HI/c1-6-7-11-24-12-10-20-18(19-2)21(3)14-15-8-9-16(22-4)13-17(15)23-5;/h8-9,13H,6-7,10-12,14H2,1-5H3,(H,19,20);1H. The Hall–Kier alpha value is -1.22. The Kier molecular flexibility index (Phi) is 13.3. The quantitative estimate of drug-likeness (QED) is 0.249. The van der Waals surface area contributed by atoms with E-state index in [0.717, 1.165) is 49.0 Å². The molecule has 144 valence electrons. The molecule has 0 aliphatic heterocycles. The maximum Gasteiger partial charge on any atom is 0.193 e. The second-order valence-electron chi connectivity index (χ2n) is 5.47. The number of ether oxygens (including phenoxy) is 3. The van der Waals surface area contributed by atoms with Gasteiger partial charge in [0.25, 0.3) is 0 Å². The molecule has 7 heteroatoms. The van der Waals surface area contributed by atoms with E-state index in [1.807, 2.05) is 25.2 Å². The summed E-state index contributed by atoms with van der Waals surface area (Å²) in [6.07, 6.45) is 2.26. The fourth-order valence-electron chi connectivity index (χ4n) is 2.28. The molecule has 0 saturated carbocycles. The highest BCUT2D eigenvalue weighted by Crippen LogP contribution is 2.25. The smallest absolute Gasteiger partial charge is 0.193 e. The lowest BCUT2D eigenvalue weighted by Crippen LogP contribution is -2.40. The van der Waals surface area contributed by atoms with Crippen LogP contribution in [-0.2, 0) is 11.3 Å². The van der Waals surface area contributed by atoms with Crippen molar-refractivity contribution in [2.45, 2.75) is 26.3 Å². The third-order valence-corrected chi connectivity index (χ3v) is 3.65. The van der Waals surface area contributed by atoms with E-state index in [1.165, 1.54) is 0 Å². The molecule has 0 aromatic heterocycles. The number of hydrogen-bond donors (Lipinski definition) is 1. The highest BCUT2D eigenvalue weighted by Gasteiger charge is 2.11. The van der Waals surface area contributed by atoms with Gasteiger partial charge in [0.15, 0.2) is 5.96 Å². The van der Waals surface area contributed by atoms with E-state index in [1.54, 1.807) is 21.3 Å². The maximum atomic E-state index is 5.56. The van der Waals surface area contributed by atoms with Gasteiger partial charge in [-0.2, -0.15) is 0 Å². The van der Waals surface area contributed by atoms with Gasteiger partial charge in [-0.05, 0) is 18.6 Å². The van der Waals surface area contributed by atoms with E-state index in [4.69, 9.17) is 14.2 Å². The van der Waals surface area contributed by atoms with Crippen LogP contribution in [-0.4, -0.2) is 58.9 Å². The van der Waals surface area contributed by atoms with Crippen LogP contribution in [0.2, 0.25) is 0 Å². The molecule has 1 aromatic carbocycles. The van der Waals surface area contributed by atoms with Crippen LogP contribution < -0.4 is 14.8 Å². The Labute approximate surface area is 169 Å². The molecule has 0 saturated heterocycles. The van der Waals surface area contributed by atoms with Gasteiger partial charge < -0.3 is 24.4 Å². The summed E-state index contributed by atoms with van der Waals surface area (Å²) < 4.78 is 16.2. The van der Waals surface area contributed by atoms with Gasteiger partial charge in [0, 0.05) is 45.4 Å². The monoisotopic (exact) mass is 465 g/mol. The zero-order chi connectivity index (χ0) is 17.8. The fraction of sp³-hybridized carbons (Fsp3) is 0.611. The van der Waals surface area contributed by atoms with Crippen LogP contribution in [0.4, 0.5) is 0 Å². The number of rotatable bonds is 10. The topological polar surface area (TPSA) is 55.3 Å². The number of nitrogens with one attached hydrogen (secondary N) is 1. The van der Waals surface area contributed by atoms with Crippen LogP contribution in [0.15, 0.2) is 23.2 Å². The molecule has 6 nitrogen and oxygen atoms in total. The summed E-state index contributed by atoms with van der Waals surface area (Å²) in [5.74, 6) is 2.41. The maximum absolute atomic E-state index is 5.56. The second-order valence-corrected chi connectivity index (χ2v) is 5.47. The average Bonchev–Trinajstić information content (AvgIpc) is 2.61. The van der Waals surface area contributed by atoms with Crippen molar-refractivity contribution in [2.24, 2.45) is 4.99 Å². The number of aliphatic imine (C=N–C) groups is 1. The lowest BCUT2D eigenvalue weighted by atomic mass is 10.2. The molecule has 1 rings (SSSR count). The third kappa shape index (κ3) is 8.62. The largest absolute Gasteiger partial charge is 0.497 e. The molecule has 0 radical (unpaired) electrons. The SMILES string of the molecule is CCCCOCCNC(=NC)N(C)Cc1ccc(OC)cc1OC.I. The summed E-state index contributed by atoms with van der Waals surface area (Å²) in [7, 11) is 7.09. The minimum atomic E-state index is 0. The zero-order valence-electron chi connectivity index (χ0n) is 16.0. The van der Waals surface area contributed by atoms with E-state index in [2.05, 4.69) is 22.1 Å². The van der Waals surface area contributed by atoms with E-state index in [9.17, 15) is 0 Å². The zero-order valence-corrected chi connectivity index (χ0v) is 18.3. The minimum Gasteiger partial charge on any atom is -0.497 e. The van der Waals surface area contributed by atoms with Crippen molar-refractivity contribution in [3.05, 3.63) is 23.8 Å². The van der Waals surface area contributed by atoms with Gasteiger partial charge in [0.05, 0.1) is 20.8 Å². The number of halogens is 1. The van der Waals surface area contributed by atoms with Gasteiger partial charge in [0.2, 0.25) is 0 Å². The van der Waals surface area contributed by atoms with Gasteiger partial charge in [0.1, 0.15) is 11.5 Å². The van der Waals surface area contributed by atoms with E-state index in [-0.39, 0.29) is 24.0 Å². The van der Waals surface area contributed by atoms with Crippen LogP contribution >= 0.6 is 24.0 Å². The van der Waals surface area contributed by atoms with Crippen LogP contribution in [0.3, 0.4) is 0 Å². The van der Waals surface area contributed by atoms with Crippen LogP contribution in [0.25, 0.3) is 0 Å². The molecule has 0 spiro atoms. The summed E-state index contributed by atoms with van der Waals surface area (Å²) in [6.45, 7) is 5.07. The van der Waals surface area contributed by atoms with Gasteiger partial charge >= 0.3 is 0 Å². The second kappa shape index (κ2) is 14.0. The van der Waals surface area contributed by atoms with E-state index in [0.29, 0.717) is 13.2 Å². The predicted molar refractivity (Wildman–Crippen MR) is 114 cm³/mol. The molecule has 0 fully saturated rings. The first kappa shape index (κ1) is 23.8. The number of benzene rings is 1. The van der Waals surface area contributed by atoms with Crippen LogP contribution in [0, 0.1) is 0 Å². The first-order valence-corrected chi connectivity index (χ1v) is 8.36. The molecule has 0 amide bonds. The highest BCUT2D eigenvalue weighted by molar-refractivity contribution is 14.0. The number of nitrogens with zero attached hydrogens (tertiary/aromatic N) is 2. The molecule has 0 bridgehead atoms. The van der Waals surface area contributed by atoms with Gasteiger partial charge in [-0.15, -0.1) is 24.0 Å². The van der Waals surface area contributed by atoms with E-state index >= 15 is 0 Å². The molecular formula is C18H32IN3O3. The predicted octanol–water partition coefficient (Wildman–Crippen LogP) is 3.15. The normalized spacial score (nSPS) is 10.8. The number of methoxy groups -OCH3 is 2. The molecular weight excluding hydrogens is 433 g/mol. The first-order valence-electron chi connectivity index (χ1n) is 8.36. The summed E-state index contributed by atoms with van der Waals surface area (Å²) in [5, 5.41) is 3.31. The van der Waals surface area contributed by atoms with Crippen molar-refractivity contribution >= 4 is 29.9 Å². The number of hydrogen-bond acceptors (Lipinski definition) is 4. The Morgan fingerprint density at radius 1 is 1.20 bits per heavy atom. The van der Waals surface area contributed by atoms with Crippen molar-refractivity contribution in [1.29, 1.82) is 0 Å². The van der Waals surface area contributed by atoms with Crippen molar-refractivity contribution in [1.82, 2.24) is 10.2 Å². The third-order valence-electron chi connectivity index (χ3n) is 3.65. The molecule has 0 aliphatic rings. The minimum absolute atomic E-state index is 0. The van der Waals surface area contributed by atoms with Gasteiger partial charge in [-0.25, -0.2) is 0 Å². The van der Waals surface area contributed by atoms with Crippen molar-refractivity contribution in [2.75, 3.05) is 48.1 Å². The first-order chi connectivity index (χ1) is 11.7. The molecule has 0 heterocycles. The van der Waals surface area contributed by atoms with Crippen molar-refractivity contribution in [3.8, 4) is 11.5 Å². The summed E-state index contributed by atoms with van der Waals surface area (Å²) >= 11 is 0. The molecule has 0 atom stereocenters. The Morgan fingerprint density at radius 2 is 1.96 bits per heavy atom. The summed E-state index contributed by atoms with van der Waals surface area (Å²) in [6, 6.07) is 5.83. The highest BCUT2D eigenvalue weighted by atomic mass is 127. The van der Waals surface area contributed by atoms with Crippen molar-refractivity contribution in [3.63, 3.8) is 0 Å². The average molecular weight is 465 g/mol. The lowest BCUT2D eigenvalue weighted by Gasteiger charge is -2.23. The van der Waals surface area contributed by atoms with Gasteiger partial charge in [-0.3, -0.25) is 4.99 Å². The number of unbranched alkanes of at least 4 members (excludes halogenated alkanes) is 1. The van der Waals surface area contributed by atoms with Crippen molar-refractivity contribution < 1.29 is 14.2 Å². The van der Waals surface area contributed by atoms with Crippen LogP contribution in [0.1, 0.15) is 25.3 Å². The Balaban J connectivity index is 0.00000576.